The normalized spacial score (nSPS) is 20.0. The van der Waals surface area contributed by atoms with Gasteiger partial charge in [-0.15, -0.1) is 11.3 Å². The van der Waals surface area contributed by atoms with Crippen molar-refractivity contribution in [2.24, 2.45) is 0 Å². The molecule has 1 aromatic carbocycles. The molecule has 1 atom stereocenters. The number of hydrogen-bond donors (Lipinski definition) is 0. The molecule has 1 unspecified atom stereocenters. The van der Waals surface area contributed by atoms with Crippen LogP contribution in [0.4, 0.5) is 0 Å². The standard InChI is InChI=1S/C14H14BrNO4S3/c15-13-6-7-14(21-13)23(19,20)16-9-8-12(10-16)22(17,18)11-4-2-1-3-5-11/h1-7,12H,8-10H2. The second-order valence-electron chi connectivity index (χ2n) is 5.19. The van der Waals surface area contributed by atoms with E-state index in [4.69, 9.17) is 0 Å². The van der Waals surface area contributed by atoms with Gasteiger partial charge in [-0.2, -0.15) is 4.31 Å². The monoisotopic (exact) mass is 435 g/mol. The molecule has 9 heteroatoms. The summed E-state index contributed by atoms with van der Waals surface area (Å²) in [7, 11) is -7.16. The van der Waals surface area contributed by atoms with Crippen molar-refractivity contribution in [2.45, 2.75) is 20.8 Å². The molecule has 5 nitrogen and oxygen atoms in total. The van der Waals surface area contributed by atoms with E-state index in [0.717, 1.165) is 15.1 Å². The first-order valence-corrected chi connectivity index (χ1v) is 11.5. The lowest BCUT2D eigenvalue weighted by Crippen LogP contribution is -2.31. The molecule has 1 saturated heterocycles. The van der Waals surface area contributed by atoms with Gasteiger partial charge in [-0.1, -0.05) is 18.2 Å². The summed E-state index contributed by atoms with van der Waals surface area (Å²) in [5, 5.41) is -0.705. The van der Waals surface area contributed by atoms with Gasteiger partial charge in [-0.25, -0.2) is 16.8 Å². The lowest BCUT2D eigenvalue weighted by molar-refractivity contribution is 0.478. The van der Waals surface area contributed by atoms with Crippen LogP contribution in [0.15, 0.2) is 55.4 Å². The molecule has 0 radical (unpaired) electrons. The molecule has 0 spiro atoms. The Balaban J connectivity index is 1.84. The highest BCUT2D eigenvalue weighted by Gasteiger charge is 2.39. The van der Waals surface area contributed by atoms with Crippen LogP contribution in [-0.2, 0) is 19.9 Å². The number of nitrogens with zero attached hydrogens (tertiary/aromatic N) is 1. The Hall–Kier alpha value is -0.740. The van der Waals surface area contributed by atoms with Crippen molar-refractivity contribution >= 4 is 47.1 Å². The smallest absolute Gasteiger partial charge is 0.223 e. The Kier molecular flexibility index (Phi) is 4.67. The van der Waals surface area contributed by atoms with Gasteiger partial charge in [0.1, 0.15) is 4.21 Å². The van der Waals surface area contributed by atoms with Gasteiger partial charge >= 0.3 is 0 Å². The van der Waals surface area contributed by atoms with Gasteiger partial charge in [0.05, 0.1) is 13.9 Å². The molecule has 1 aromatic heterocycles. The van der Waals surface area contributed by atoms with Crippen LogP contribution in [-0.4, -0.2) is 39.5 Å². The van der Waals surface area contributed by atoms with E-state index >= 15 is 0 Å². The van der Waals surface area contributed by atoms with Gasteiger partial charge in [0.2, 0.25) is 0 Å². The second kappa shape index (κ2) is 6.29. The fraction of sp³-hybridized carbons (Fsp3) is 0.286. The highest BCUT2D eigenvalue weighted by molar-refractivity contribution is 9.11. The summed E-state index contributed by atoms with van der Waals surface area (Å²) in [6.45, 7) is 0.212. The Bertz CT molecular complexity index is 907. The van der Waals surface area contributed by atoms with E-state index in [9.17, 15) is 16.8 Å². The van der Waals surface area contributed by atoms with Crippen molar-refractivity contribution in [2.75, 3.05) is 13.1 Å². The summed E-state index contributed by atoms with van der Waals surface area (Å²) in [6, 6.07) is 11.4. The van der Waals surface area contributed by atoms with E-state index in [1.165, 1.54) is 10.4 Å². The molecule has 2 aromatic rings. The molecular formula is C14H14BrNO4S3. The predicted molar refractivity (Wildman–Crippen MR) is 92.8 cm³/mol. The van der Waals surface area contributed by atoms with Crippen LogP contribution in [0.1, 0.15) is 6.42 Å². The highest BCUT2D eigenvalue weighted by Crippen LogP contribution is 2.32. The van der Waals surface area contributed by atoms with Crippen LogP contribution < -0.4 is 0 Å². The summed E-state index contributed by atoms with van der Waals surface area (Å²) in [5.41, 5.74) is 0. The van der Waals surface area contributed by atoms with E-state index < -0.39 is 25.1 Å². The number of hydrogen-bond acceptors (Lipinski definition) is 5. The minimum Gasteiger partial charge on any atom is -0.223 e. The minimum atomic E-state index is -3.64. The average Bonchev–Trinajstić information content (AvgIpc) is 3.18. The van der Waals surface area contributed by atoms with Crippen molar-refractivity contribution in [1.82, 2.24) is 4.31 Å². The van der Waals surface area contributed by atoms with Gasteiger partial charge < -0.3 is 0 Å². The van der Waals surface area contributed by atoms with Crippen LogP contribution in [0.5, 0.6) is 0 Å². The molecule has 0 saturated carbocycles. The van der Waals surface area contributed by atoms with E-state index in [1.807, 2.05) is 0 Å². The van der Waals surface area contributed by atoms with Crippen molar-refractivity contribution in [3.05, 3.63) is 46.3 Å². The van der Waals surface area contributed by atoms with E-state index in [1.54, 1.807) is 36.4 Å². The highest BCUT2D eigenvalue weighted by atomic mass is 79.9. The summed E-state index contributed by atoms with van der Waals surface area (Å²) in [4.78, 5) is 0.239. The zero-order valence-corrected chi connectivity index (χ0v) is 16.0. The van der Waals surface area contributed by atoms with Crippen LogP contribution in [0.25, 0.3) is 0 Å². The second-order valence-corrected chi connectivity index (χ2v) is 12.0. The molecule has 0 bridgehead atoms. The number of sulfone groups is 1. The van der Waals surface area contributed by atoms with Crippen molar-refractivity contribution in [1.29, 1.82) is 0 Å². The Labute approximate surface area is 148 Å². The van der Waals surface area contributed by atoms with Gasteiger partial charge in [-0.05, 0) is 46.6 Å². The molecular weight excluding hydrogens is 422 g/mol. The Morgan fingerprint density at radius 3 is 2.35 bits per heavy atom. The fourth-order valence-electron chi connectivity index (χ4n) is 2.54. The lowest BCUT2D eigenvalue weighted by Gasteiger charge is -2.15. The van der Waals surface area contributed by atoms with Crippen LogP contribution in [0.3, 0.4) is 0 Å². The van der Waals surface area contributed by atoms with Gasteiger partial charge in [-0.3, -0.25) is 0 Å². The first-order valence-electron chi connectivity index (χ1n) is 6.86. The van der Waals surface area contributed by atoms with Crippen LogP contribution >= 0.6 is 27.3 Å². The maximum absolute atomic E-state index is 12.6. The van der Waals surface area contributed by atoms with Crippen molar-refractivity contribution in [3.8, 4) is 0 Å². The minimum absolute atomic E-state index is 0.00488. The number of halogens is 1. The summed E-state index contributed by atoms with van der Waals surface area (Å²) in [5.74, 6) is 0. The SMILES string of the molecule is O=S(=O)(c1ccccc1)C1CCN(S(=O)(=O)c2ccc(Br)s2)C1. The third-order valence-electron chi connectivity index (χ3n) is 3.76. The molecule has 0 N–H and O–H groups in total. The van der Waals surface area contributed by atoms with E-state index in [-0.39, 0.29) is 22.2 Å². The third kappa shape index (κ3) is 3.25. The fourth-order valence-corrected chi connectivity index (χ4v) is 8.01. The summed E-state index contributed by atoms with van der Waals surface area (Å²) in [6.07, 6.45) is 0.309. The third-order valence-corrected chi connectivity index (χ3v) is 9.91. The van der Waals surface area contributed by atoms with Gasteiger partial charge in [0, 0.05) is 13.1 Å². The number of benzene rings is 1. The molecule has 0 amide bonds. The topological polar surface area (TPSA) is 71.5 Å². The van der Waals surface area contributed by atoms with Crippen LogP contribution in [0, 0.1) is 0 Å². The number of rotatable bonds is 4. The zero-order chi connectivity index (χ0) is 16.7. The summed E-state index contributed by atoms with van der Waals surface area (Å²) >= 11 is 4.37. The number of thiophene rings is 1. The number of sulfonamides is 1. The first-order chi connectivity index (χ1) is 10.8. The Morgan fingerprint density at radius 1 is 1.04 bits per heavy atom. The summed E-state index contributed by atoms with van der Waals surface area (Å²) < 4.78 is 52.6. The molecule has 1 aliphatic heterocycles. The molecule has 1 fully saturated rings. The van der Waals surface area contributed by atoms with Crippen molar-refractivity contribution < 1.29 is 16.8 Å². The predicted octanol–water partition coefficient (Wildman–Crippen LogP) is 2.75. The molecule has 3 rings (SSSR count). The zero-order valence-electron chi connectivity index (χ0n) is 11.9. The lowest BCUT2D eigenvalue weighted by atomic mass is 10.4. The van der Waals surface area contributed by atoms with Crippen LogP contribution in [0.2, 0.25) is 0 Å². The maximum atomic E-state index is 12.6. The first kappa shape index (κ1) is 17.1. The van der Waals surface area contributed by atoms with Crippen molar-refractivity contribution in [3.63, 3.8) is 0 Å². The maximum Gasteiger partial charge on any atom is 0.252 e. The average molecular weight is 436 g/mol. The van der Waals surface area contributed by atoms with Gasteiger partial charge in [0.15, 0.2) is 9.84 Å². The molecule has 2 heterocycles. The quantitative estimate of drug-likeness (QED) is 0.739. The molecule has 1 aliphatic rings. The Morgan fingerprint density at radius 2 is 1.74 bits per heavy atom. The molecule has 124 valence electrons. The van der Waals surface area contributed by atoms with Gasteiger partial charge in [0.25, 0.3) is 10.0 Å². The van der Waals surface area contributed by atoms with E-state index in [0.29, 0.717) is 6.42 Å². The van der Waals surface area contributed by atoms with E-state index in [2.05, 4.69) is 15.9 Å². The molecule has 0 aliphatic carbocycles. The molecule has 23 heavy (non-hydrogen) atoms. The largest absolute Gasteiger partial charge is 0.252 e.